The molecule has 1 aliphatic heterocycles. The van der Waals surface area contributed by atoms with E-state index in [1.807, 2.05) is 18.2 Å². The first-order valence-electron chi connectivity index (χ1n) is 10.9. The fourth-order valence-electron chi connectivity index (χ4n) is 5.25. The van der Waals surface area contributed by atoms with Crippen molar-refractivity contribution in [1.82, 2.24) is 15.3 Å². The van der Waals surface area contributed by atoms with Crippen LogP contribution >= 0.6 is 0 Å². The lowest BCUT2D eigenvalue weighted by atomic mass is 9.88. The van der Waals surface area contributed by atoms with Gasteiger partial charge in [-0.15, -0.1) is 0 Å². The molecular weight excluding hydrogens is 395 g/mol. The maximum absolute atomic E-state index is 14.5. The molecule has 1 saturated heterocycles. The molecule has 0 spiro atoms. The molecule has 2 aromatic rings. The molecule has 5 N–H and O–H groups in total. The number of fused-ring (bicyclic) bond motifs is 2. The zero-order valence-electron chi connectivity index (χ0n) is 17.2. The number of amides is 1. The lowest BCUT2D eigenvalue weighted by Gasteiger charge is -2.27. The zero-order chi connectivity index (χ0) is 21.4. The highest BCUT2D eigenvalue weighted by molar-refractivity contribution is 5.79. The Morgan fingerprint density at radius 1 is 1.19 bits per heavy atom. The van der Waals surface area contributed by atoms with Crippen molar-refractivity contribution >= 4 is 23.4 Å². The van der Waals surface area contributed by atoms with Gasteiger partial charge < -0.3 is 21.7 Å². The number of hydrogen-bond donors (Lipinski definition) is 4. The number of carbonyl (C=O) groups is 1. The zero-order valence-corrected chi connectivity index (χ0v) is 17.2. The van der Waals surface area contributed by atoms with Gasteiger partial charge in [0.1, 0.15) is 0 Å². The third-order valence-corrected chi connectivity index (χ3v) is 6.79. The Balaban J connectivity index is 1.33. The lowest BCUT2D eigenvalue weighted by Crippen LogP contribution is -2.41. The molecule has 3 aliphatic rings. The van der Waals surface area contributed by atoms with Crippen molar-refractivity contribution in [2.45, 2.75) is 31.2 Å². The molecule has 8 heteroatoms. The second kappa shape index (κ2) is 8.26. The van der Waals surface area contributed by atoms with E-state index >= 15 is 0 Å². The van der Waals surface area contributed by atoms with E-state index < -0.39 is 5.82 Å². The van der Waals surface area contributed by atoms with Crippen LogP contribution in [0.25, 0.3) is 0 Å². The van der Waals surface area contributed by atoms with Gasteiger partial charge in [-0.05, 0) is 67.8 Å². The van der Waals surface area contributed by atoms with Gasteiger partial charge in [-0.2, -0.15) is 4.98 Å². The molecule has 2 bridgehead atoms. The van der Waals surface area contributed by atoms with Crippen LogP contribution in [0.5, 0.6) is 0 Å². The summed E-state index contributed by atoms with van der Waals surface area (Å²) in [5.74, 6) is -0.0886. The van der Waals surface area contributed by atoms with E-state index in [9.17, 15) is 9.18 Å². The van der Waals surface area contributed by atoms with Gasteiger partial charge >= 0.3 is 0 Å². The van der Waals surface area contributed by atoms with E-state index in [1.54, 1.807) is 0 Å². The summed E-state index contributed by atoms with van der Waals surface area (Å²) in [4.78, 5) is 20.4. The van der Waals surface area contributed by atoms with Crippen LogP contribution in [0, 0.1) is 23.6 Å². The molecule has 2 aliphatic carbocycles. The van der Waals surface area contributed by atoms with Gasteiger partial charge in [0, 0.05) is 11.7 Å². The van der Waals surface area contributed by atoms with Gasteiger partial charge in [-0.3, -0.25) is 4.79 Å². The standard InChI is InChI=1S/C23H27FN6O/c24-18-12-27-23(28-17-3-1-2-14(11-17)13-6-8-26-9-7-13)30-22(18)29-20-16-5-4-15(10-16)19(20)21(25)31/h1-5,11-13,15-16,19-20,26H,6-10H2,(H2,25,31)(H2,27,28,29,30). The minimum Gasteiger partial charge on any atom is -0.369 e. The molecule has 5 rings (SSSR count). The first-order chi connectivity index (χ1) is 15.1. The Bertz CT molecular complexity index is 1010. The molecule has 1 amide bonds. The second-order valence-corrected chi connectivity index (χ2v) is 8.71. The molecule has 2 heterocycles. The number of nitrogens with one attached hydrogen (secondary N) is 3. The molecule has 1 aromatic carbocycles. The van der Waals surface area contributed by atoms with Crippen LogP contribution in [-0.2, 0) is 4.79 Å². The second-order valence-electron chi connectivity index (χ2n) is 8.71. The van der Waals surface area contributed by atoms with Gasteiger partial charge in [0.25, 0.3) is 0 Å². The van der Waals surface area contributed by atoms with Gasteiger partial charge in [0.15, 0.2) is 11.6 Å². The van der Waals surface area contributed by atoms with E-state index in [2.05, 4.69) is 44.1 Å². The summed E-state index contributed by atoms with van der Waals surface area (Å²) in [7, 11) is 0. The lowest BCUT2D eigenvalue weighted by molar-refractivity contribution is -0.122. The van der Waals surface area contributed by atoms with E-state index in [-0.39, 0.29) is 35.5 Å². The molecule has 1 aromatic heterocycles. The number of hydrogen-bond acceptors (Lipinski definition) is 6. The summed E-state index contributed by atoms with van der Waals surface area (Å²) in [6.45, 7) is 2.06. The van der Waals surface area contributed by atoms with Gasteiger partial charge in [-0.25, -0.2) is 9.37 Å². The Labute approximate surface area is 180 Å². The first-order valence-corrected chi connectivity index (χ1v) is 10.9. The van der Waals surface area contributed by atoms with Crippen molar-refractivity contribution in [2.75, 3.05) is 23.7 Å². The predicted molar refractivity (Wildman–Crippen MR) is 117 cm³/mol. The van der Waals surface area contributed by atoms with Crippen LogP contribution in [0.3, 0.4) is 0 Å². The predicted octanol–water partition coefficient (Wildman–Crippen LogP) is 2.91. The number of nitrogens with zero attached hydrogens (tertiary/aromatic N) is 2. The van der Waals surface area contributed by atoms with Gasteiger partial charge in [0.05, 0.1) is 12.1 Å². The number of piperidine rings is 1. The van der Waals surface area contributed by atoms with Crippen molar-refractivity contribution in [3.8, 4) is 0 Å². The van der Waals surface area contributed by atoms with Crippen LogP contribution in [0.4, 0.5) is 21.8 Å². The summed E-state index contributed by atoms with van der Waals surface area (Å²) in [5.41, 5.74) is 7.77. The van der Waals surface area contributed by atoms with Crippen LogP contribution in [0.15, 0.2) is 42.6 Å². The van der Waals surface area contributed by atoms with Crippen molar-refractivity contribution in [1.29, 1.82) is 0 Å². The summed E-state index contributed by atoms with van der Waals surface area (Å²) in [5, 5.41) is 9.72. The van der Waals surface area contributed by atoms with E-state index in [0.717, 1.165) is 44.2 Å². The van der Waals surface area contributed by atoms with Crippen LogP contribution in [-0.4, -0.2) is 35.0 Å². The summed E-state index contributed by atoms with van der Waals surface area (Å²) in [6, 6.07) is 7.97. The maximum Gasteiger partial charge on any atom is 0.229 e. The third-order valence-electron chi connectivity index (χ3n) is 6.79. The van der Waals surface area contributed by atoms with Crippen molar-refractivity contribution in [3.05, 3.63) is 54.0 Å². The number of primary amides is 1. The average Bonchev–Trinajstić information content (AvgIpc) is 3.39. The van der Waals surface area contributed by atoms with Crippen LogP contribution in [0.1, 0.15) is 30.7 Å². The number of aromatic nitrogens is 2. The Morgan fingerprint density at radius 3 is 2.81 bits per heavy atom. The Morgan fingerprint density at radius 2 is 2.00 bits per heavy atom. The van der Waals surface area contributed by atoms with Crippen LogP contribution in [0.2, 0.25) is 0 Å². The van der Waals surface area contributed by atoms with Gasteiger partial charge in [0.2, 0.25) is 11.9 Å². The van der Waals surface area contributed by atoms with Gasteiger partial charge in [-0.1, -0.05) is 24.3 Å². The molecule has 4 unspecified atom stereocenters. The fourth-order valence-corrected chi connectivity index (χ4v) is 5.25. The molecule has 0 radical (unpaired) electrons. The maximum atomic E-state index is 14.5. The van der Waals surface area contributed by atoms with Crippen molar-refractivity contribution < 1.29 is 9.18 Å². The molecule has 2 fully saturated rings. The number of carbonyl (C=O) groups excluding carboxylic acids is 1. The molecule has 4 atom stereocenters. The highest BCUT2D eigenvalue weighted by Crippen LogP contribution is 2.44. The summed E-state index contributed by atoms with van der Waals surface area (Å²) < 4.78 is 14.5. The fraction of sp³-hybridized carbons (Fsp3) is 0.435. The van der Waals surface area contributed by atoms with Crippen molar-refractivity contribution in [3.63, 3.8) is 0 Å². The number of nitrogens with two attached hydrogens (primary N) is 1. The molecule has 31 heavy (non-hydrogen) atoms. The SMILES string of the molecule is NC(=O)C1C2C=CC(C2)C1Nc1nc(Nc2cccc(C3CCNCC3)c2)ncc1F. The number of allylic oxidation sites excluding steroid dienone is 1. The minimum atomic E-state index is -0.552. The van der Waals surface area contributed by atoms with E-state index in [4.69, 9.17) is 5.73 Å². The number of benzene rings is 1. The van der Waals surface area contributed by atoms with E-state index in [0.29, 0.717) is 11.9 Å². The number of anilines is 3. The number of rotatable bonds is 6. The minimum absolute atomic E-state index is 0.0872. The smallest absolute Gasteiger partial charge is 0.229 e. The van der Waals surface area contributed by atoms with Crippen LogP contribution < -0.4 is 21.7 Å². The summed E-state index contributed by atoms with van der Waals surface area (Å²) >= 11 is 0. The normalized spacial score (nSPS) is 27.4. The molecular formula is C23H27FN6O. The quantitative estimate of drug-likeness (QED) is 0.534. The monoisotopic (exact) mass is 422 g/mol. The Hall–Kier alpha value is -3.00. The molecule has 1 saturated carbocycles. The number of halogens is 1. The van der Waals surface area contributed by atoms with Crippen molar-refractivity contribution in [2.24, 2.45) is 23.5 Å². The first kappa shape index (κ1) is 19.9. The topological polar surface area (TPSA) is 105 Å². The largest absolute Gasteiger partial charge is 0.369 e. The Kier molecular flexibility index (Phi) is 5.31. The highest BCUT2D eigenvalue weighted by Gasteiger charge is 2.47. The van der Waals surface area contributed by atoms with E-state index in [1.165, 1.54) is 5.56 Å². The molecule has 7 nitrogen and oxygen atoms in total. The molecule has 162 valence electrons. The summed E-state index contributed by atoms with van der Waals surface area (Å²) in [6.07, 6.45) is 8.35. The average molecular weight is 423 g/mol. The highest BCUT2D eigenvalue weighted by atomic mass is 19.1. The third kappa shape index (κ3) is 3.99.